The molecular formula is C32H29ClN4O3. The molecule has 4 aromatic carbocycles. The van der Waals surface area contributed by atoms with Crippen LogP contribution in [-0.4, -0.2) is 34.1 Å². The standard InChI is InChI=1S/C32H29ClN4O3/c1-22(36(20-19-23-11-4-3-5-12-23)32(39)34-25-14-10-13-24(33)21-25)30-35-27-16-7-6-15-26(27)31(38)37(30)28-17-8-9-18-29(28)40-2/h3-18,21-22H,19-20H2,1-2H3,(H,34,39). The summed E-state index contributed by atoms with van der Waals surface area (Å²) < 4.78 is 7.16. The van der Waals surface area contributed by atoms with Crippen molar-refractivity contribution in [3.05, 3.63) is 130 Å². The van der Waals surface area contributed by atoms with Gasteiger partial charge in [0.25, 0.3) is 5.56 Å². The number of carbonyl (C=O) groups is 1. The van der Waals surface area contributed by atoms with Gasteiger partial charge in [0.1, 0.15) is 11.6 Å². The van der Waals surface area contributed by atoms with Crippen molar-refractivity contribution in [2.75, 3.05) is 19.0 Å². The van der Waals surface area contributed by atoms with E-state index in [1.807, 2.05) is 67.6 Å². The highest BCUT2D eigenvalue weighted by molar-refractivity contribution is 6.30. The summed E-state index contributed by atoms with van der Waals surface area (Å²) in [6, 6.07) is 30.5. The number of urea groups is 1. The van der Waals surface area contributed by atoms with Gasteiger partial charge in [-0.1, -0.05) is 72.3 Å². The first kappa shape index (κ1) is 27.0. The van der Waals surface area contributed by atoms with E-state index in [9.17, 15) is 9.59 Å². The Kier molecular flexibility index (Phi) is 8.12. The fourth-order valence-corrected chi connectivity index (χ4v) is 4.93. The number of methoxy groups -OCH3 is 1. The molecule has 1 N–H and O–H groups in total. The Morgan fingerprint density at radius 3 is 2.48 bits per heavy atom. The third kappa shape index (κ3) is 5.70. The van der Waals surface area contributed by atoms with Gasteiger partial charge in [-0.25, -0.2) is 9.78 Å². The van der Waals surface area contributed by atoms with Crippen LogP contribution in [0, 0.1) is 0 Å². The Morgan fingerprint density at radius 2 is 1.70 bits per heavy atom. The monoisotopic (exact) mass is 552 g/mol. The number of amides is 2. The van der Waals surface area contributed by atoms with E-state index in [1.54, 1.807) is 59.0 Å². The van der Waals surface area contributed by atoms with Crippen molar-refractivity contribution in [3.63, 3.8) is 0 Å². The van der Waals surface area contributed by atoms with Gasteiger partial charge >= 0.3 is 6.03 Å². The van der Waals surface area contributed by atoms with Crippen LogP contribution in [0.15, 0.2) is 108 Å². The van der Waals surface area contributed by atoms with Crippen LogP contribution in [-0.2, 0) is 6.42 Å². The van der Waals surface area contributed by atoms with Crippen molar-refractivity contribution in [1.82, 2.24) is 14.5 Å². The Labute approximate surface area is 237 Å². The fourth-order valence-electron chi connectivity index (χ4n) is 4.74. The summed E-state index contributed by atoms with van der Waals surface area (Å²) in [6.07, 6.45) is 0.612. The number of benzene rings is 4. The first-order valence-corrected chi connectivity index (χ1v) is 13.4. The van der Waals surface area contributed by atoms with Crippen LogP contribution in [0.4, 0.5) is 10.5 Å². The van der Waals surface area contributed by atoms with E-state index in [2.05, 4.69) is 5.32 Å². The summed E-state index contributed by atoms with van der Waals surface area (Å²) in [5, 5.41) is 3.96. The van der Waals surface area contributed by atoms with Crippen LogP contribution >= 0.6 is 11.6 Å². The number of anilines is 1. The Balaban J connectivity index is 1.63. The van der Waals surface area contributed by atoms with Gasteiger partial charge in [0.05, 0.1) is 29.7 Å². The lowest BCUT2D eigenvalue weighted by Crippen LogP contribution is -2.41. The second kappa shape index (κ2) is 12.1. The molecule has 7 nitrogen and oxygen atoms in total. The van der Waals surface area contributed by atoms with Gasteiger partial charge in [-0.2, -0.15) is 0 Å². The number of hydrogen-bond acceptors (Lipinski definition) is 4. The highest BCUT2D eigenvalue weighted by atomic mass is 35.5. The highest BCUT2D eigenvalue weighted by Gasteiger charge is 2.28. The number of nitrogens with zero attached hydrogens (tertiary/aromatic N) is 3. The van der Waals surface area contributed by atoms with E-state index >= 15 is 0 Å². The molecule has 2 amide bonds. The molecule has 1 heterocycles. The molecule has 0 saturated carbocycles. The predicted molar refractivity (Wildman–Crippen MR) is 160 cm³/mol. The average Bonchev–Trinajstić information content (AvgIpc) is 2.97. The van der Waals surface area contributed by atoms with Crippen LogP contribution in [0.2, 0.25) is 5.02 Å². The number of fused-ring (bicyclic) bond motifs is 1. The van der Waals surface area contributed by atoms with Crippen molar-refractivity contribution < 1.29 is 9.53 Å². The van der Waals surface area contributed by atoms with Crippen molar-refractivity contribution in [3.8, 4) is 11.4 Å². The number of aromatic nitrogens is 2. The number of rotatable bonds is 8. The van der Waals surface area contributed by atoms with Gasteiger partial charge < -0.3 is 15.0 Å². The minimum absolute atomic E-state index is 0.241. The molecule has 1 unspecified atom stereocenters. The Morgan fingerprint density at radius 1 is 0.975 bits per heavy atom. The summed E-state index contributed by atoms with van der Waals surface area (Å²) in [5.74, 6) is 0.942. The summed E-state index contributed by atoms with van der Waals surface area (Å²) in [7, 11) is 1.56. The van der Waals surface area contributed by atoms with Gasteiger partial charge in [0.15, 0.2) is 0 Å². The molecule has 0 aliphatic carbocycles. The lowest BCUT2D eigenvalue weighted by molar-refractivity contribution is 0.190. The van der Waals surface area contributed by atoms with E-state index in [1.165, 1.54) is 0 Å². The number of nitrogens with one attached hydrogen (secondary N) is 1. The van der Waals surface area contributed by atoms with Gasteiger partial charge in [-0.15, -0.1) is 0 Å². The largest absolute Gasteiger partial charge is 0.495 e. The molecule has 0 fully saturated rings. The average molecular weight is 553 g/mol. The molecule has 8 heteroatoms. The first-order chi connectivity index (χ1) is 19.5. The minimum atomic E-state index is -0.592. The third-order valence-electron chi connectivity index (χ3n) is 6.79. The van der Waals surface area contributed by atoms with Crippen LogP contribution < -0.4 is 15.6 Å². The Bertz CT molecular complexity index is 1700. The van der Waals surface area contributed by atoms with Crippen molar-refractivity contribution >= 4 is 34.2 Å². The maximum Gasteiger partial charge on any atom is 0.322 e. The third-order valence-corrected chi connectivity index (χ3v) is 7.02. The summed E-state index contributed by atoms with van der Waals surface area (Å²) in [6.45, 7) is 2.26. The van der Waals surface area contributed by atoms with Gasteiger partial charge in [0, 0.05) is 17.3 Å². The van der Waals surface area contributed by atoms with Crippen molar-refractivity contribution in [2.45, 2.75) is 19.4 Å². The van der Waals surface area contributed by atoms with Crippen molar-refractivity contribution in [2.24, 2.45) is 0 Å². The minimum Gasteiger partial charge on any atom is -0.495 e. The number of carbonyl (C=O) groups excluding carboxylic acids is 1. The number of para-hydroxylation sites is 3. The zero-order valence-electron chi connectivity index (χ0n) is 22.3. The van der Waals surface area contributed by atoms with Crippen molar-refractivity contribution in [1.29, 1.82) is 0 Å². The second-order valence-electron chi connectivity index (χ2n) is 9.35. The predicted octanol–water partition coefficient (Wildman–Crippen LogP) is 6.89. The maximum atomic E-state index is 14.0. The molecule has 0 radical (unpaired) electrons. The summed E-state index contributed by atoms with van der Waals surface area (Å²) in [5.41, 5.74) is 2.52. The Hall–Kier alpha value is -4.62. The van der Waals surface area contributed by atoms with E-state index in [4.69, 9.17) is 21.3 Å². The number of hydrogen-bond donors (Lipinski definition) is 1. The van der Waals surface area contributed by atoms with Crippen LogP contribution in [0.25, 0.3) is 16.6 Å². The van der Waals surface area contributed by atoms with Gasteiger partial charge in [-0.3, -0.25) is 9.36 Å². The maximum absolute atomic E-state index is 14.0. The van der Waals surface area contributed by atoms with Gasteiger partial charge in [0.2, 0.25) is 0 Å². The molecule has 0 spiro atoms. The molecule has 1 atom stereocenters. The topological polar surface area (TPSA) is 76.5 Å². The van der Waals surface area contributed by atoms with E-state index in [0.29, 0.717) is 51.8 Å². The molecule has 5 rings (SSSR count). The summed E-state index contributed by atoms with van der Waals surface area (Å²) >= 11 is 6.17. The molecular weight excluding hydrogens is 524 g/mol. The molecule has 1 aromatic heterocycles. The SMILES string of the molecule is COc1ccccc1-n1c(C(C)N(CCc2ccccc2)C(=O)Nc2cccc(Cl)c2)nc2ccccc2c1=O. The van der Waals surface area contributed by atoms with Crippen LogP contribution in [0.3, 0.4) is 0 Å². The highest BCUT2D eigenvalue weighted by Crippen LogP contribution is 2.28. The zero-order chi connectivity index (χ0) is 28.1. The van der Waals surface area contributed by atoms with Crippen LogP contribution in [0.1, 0.15) is 24.4 Å². The smallest absolute Gasteiger partial charge is 0.322 e. The molecule has 0 bridgehead atoms. The first-order valence-electron chi connectivity index (χ1n) is 13.0. The summed E-state index contributed by atoms with van der Waals surface area (Å²) in [4.78, 5) is 34.4. The van der Waals surface area contributed by atoms with E-state index in [-0.39, 0.29) is 11.6 Å². The fraction of sp³-hybridized carbons (Fsp3) is 0.156. The molecule has 202 valence electrons. The second-order valence-corrected chi connectivity index (χ2v) is 9.78. The van der Waals surface area contributed by atoms with E-state index in [0.717, 1.165) is 5.56 Å². The lowest BCUT2D eigenvalue weighted by Gasteiger charge is -2.31. The molecule has 0 saturated heterocycles. The normalized spacial score (nSPS) is 11.7. The molecule has 5 aromatic rings. The zero-order valence-corrected chi connectivity index (χ0v) is 23.0. The number of ether oxygens (including phenoxy) is 1. The quantitative estimate of drug-likeness (QED) is 0.227. The molecule has 0 aliphatic heterocycles. The van der Waals surface area contributed by atoms with E-state index < -0.39 is 6.04 Å². The lowest BCUT2D eigenvalue weighted by atomic mass is 10.1. The molecule has 40 heavy (non-hydrogen) atoms. The van der Waals surface area contributed by atoms with Crippen LogP contribution in [0.5, 0.6) is 5.75 Å². The van der Waals surface area contributed by atoms with Gasteiger partial charge in [-0.05, 0) is 61.4 Å². The molecule has 0 aliphatic rings. The number of halogens is 1.